The number of para-hydroxylation sites is 1. The number of hydrogen-bond donors (Lipinski definition) is 0. The van der Waals surface area contributed by atoms with Gasteiger partial charge in [0.05, 0.1) is 29.8 Å². The van der Waals surface area contributed by atoms with Crippen molar-refractivity contribution in [3.05, 3.63) is 53.9 Å². The predicted octanol–water partition coefficient (Wildman–Crippen LogP) is 4.12. The molecule has 1 saturated heterocycles. The van der Waals surface area contributed by atoms with Crippen molar-refractivity contribution in [2.24, 2.45) is 0 Å². The van der Waals surface area contributed by atoms with Gasteiger partial charge in [-0.15, -0.1) is 0 Å². The first kappa shape index (κ1) is 22.3. The normalized spacial score (nSPS) is 18.2. The number of rotatable bonds is 6. The topological polar surface area (TPSA) is 82.3 Å². The van der Waals surface area contributed by atoms with E-state index >= 15 is 0 Å². The molecule has 1 amide bonds. The number of fused-ring (bicyclic) bond motifs is 1. The molecule has 174 valence electrons. The summed E-state index contributed by atoms with van der Waals surface area (Å²) in [6, 6.07) is 14.6. The second-order valence-electron chi connectivity index (χ2n) is 9.18. The predicted molar refractivity (Wildman–Crippen MR) is 132 cm³/mol. The Hall–Kier alpha value is -3.50. The lowest BCUT2D eigenvalue weighted by atomic mass is 9.96. The van der Waals surface area contributed by atoms with Crippen molar-refractivity contribution in [2.75, 3.05) is 38.3 Å². The highest BCUT2D eigenvalue weighted by Crippen LogP contribution is 2.46. The fourth-order valence-corrected chi connectivity index (χ4v) is 4.91. The molecule has 2 fully saturated rings. The first-order valence-corrected chi connectivity index (χ1v) is 11.9. The van der Waals surface area contributed by atoms with E-state index in [4.69, 9.17) is 9.72 Å². The van der Waals surface area contributed by atoms with Gasteiger partial charge in [0.1, 0.15) is 11.9 Å². The van der Waals surface area contributed by atoms with Crippen molar-refractivity contribution in [1.82, 2.24) is 14.9 Å². The first-order valence-electron chi connectivity index (χ1n) is 11.9. The SMILES string of the molecule is COCCC(=O)N1CCN(c2nc(C3CC3)c(-c3ccnc4ccccc34)cc2C#N)C[C@H]1C. The Balaban J connectivity index is 1.50. The van der Waals surface area contributed by atoms with Crippen LogP contribution in [-0.4, -0.2) is 60.2 Å². The van der Waals surface area contributed by atoms with E-state index in [-0.39, 0.29) is 11.9 Å². The van der Waals surface area contributed by atoms with Gasteiger partial charge < -0.3 is 14.5 Å². The van der Waals surface area contributed by atoms with Crippen LogP contribution in [0.3, 0.4) is 0 Å². The number of carbonyl (C=O) groups is 1. The highest BCUT2D eigenvalue weighted by atomic mass is 16.5. The van der Waals surface area contributed by atoms with Gasteiger partial charge in [-0.2, -0.15) is 5.26 Å². The standard InChI is InChI=1S/C27H29N5O2/c1-18-17-31(12-13-32(18)25(33)10-14-34-2)27-20(16-28)15-23(26(30-27)19-7-8-19)21-9-11-29-24-6-4-3-5-22(21)24/h3-6,9,11,15,18-19H,7-8,10,12-14,17H2,1-2H3/t18-/m1/s1. The molecule has 1 atom stereocenters. The summed E-state index contributed by atoms with van der Waals surface area (Å²) < 4.78 is 5.07. The molecule has 1 aromatic carbocycles. The van der Waals surface area contributed by atoms with Crippen molar-refractivity contribution in [2.45, 2.75) is 38.1 Å². The molecule has 0 N–H and O–H groups in total. The Labute approximate surface area is 200 Å². The minimum absolute atomic E-state index is 0.0413. The monoisotopic (exact) mass is 455 g/mol. The van der Waals surface area contributed by atoms with Crippen LogP contribution in [0.5, 0.6) is 0 Å². The number of piperazine rings is 1. The summed E-state index contributed by atoms with van der Waals surface area (Å²) in [7, 11) is 1.61. The number of anilines is 1. The molecular formula is C27H29N5O2. The highest BCUT2D eigenvalue weighted by Gasteiger charge is 2.33. The van der Waals surface area contributed by atoms with Crippen molar-refractivity contribution in [3.63, 3.8) is 0 Å². The van der Waals surface area contributed by atoms with Gasteiger partial charge in [-0.25, -0.2) is 4.98 Å². The highest BCUT2D eigenvalue weighted by molar-refractivity contribution is 5.95. The van der Waals surface area contributed by atoms with Crippen LogP contribution >= 0.6 is 0 Å². The van der Waals surface area contributed by atoms with E-state index in [1.165, 1.54) is 0 Å². The molecule has 3 aromatic rings. The number of carbonyl (C=O) groups excluding carboxylic acids is 1. The third-order valence-corrected chi connectivity index (χ3v) is 6.82. The van der Waals surface area contributed by atoms with Crippen LogP contribution in [0.4, 0.5) is 5.82 Å². The molecule has 0 spiro atoms. The molecule has 1 aliphatic heterocycles. The molecule has 0 radical (unpaired) electrons. The zero-order valence-corrected chi connectivity index (χ0v) is 19.7. The average molecular weight is 456 g/mol. The average Bonchev–Trinajstić information content (AvgIpc) is 3.71. The zero-order chi connectivity index (χ0) is 23.7. The van der Waals surface area contributed by atoms with E-state index < -0.39 is 0 Å². The second kappa shape index (κ2) is 9.40. The molecule has 2 aromatic heterocycles. The summed E-state index contributed by atoms with van der Waals surface area (Å²) in [5.41, 5.74) is 4.68. The fraction of sp³-hybridized carbons (Fsp3) is 0.407. The number of aromatic nitrogens is 2. The van der Waals surface area contributed by atoms with E-state index in [1.54, 1.807) is 7.11 Å². The number of pyridine rings is 2. The Morgan fingerprint density at radius 2 is 2.03 bits per heavy atom. The van der Waals surface area contributed by atoms with Crippen LogP contribution in [0.15, 0.2) is 42.6 Å². The molecule has 34 heavy (non-hydrogen) atoms. The lowest BCUT2D eigenvalue weighted by Gasteiger charge is -2.41. The smallest absolute Gasteiger partial charge is 0.225 e. The maximum Gasteiger partial charge on any atom is 0.225 e. The molecule has 3 heterocycles. The number of benzene rings is 1. The maximum absolute atomic E-state index is 12.5. The van der Waals surface area contributed by atoms with Crippen molar-refractivity contribution in [1.29, 1.82) is 5.26 Å². The van der Waals surface area contributed by atoms with Crippen molar-refractivity contribution >= 4 is 22.6 Å². The van der Waals surface area contributed by atoms with Gasteiger partial charge in [0, 0.05) is 55.9 Å². The molecule has 0 bridgehead atoms. The Kier molecular flexibility index (Phi) is 6.16. The van der Waals surface area contributed by atoms with Crippen LogP contribution in [0.1, 0.15) is 43.4 Å². The van der Waals surface area contributed by atoms with E-state index in [1.807, 2.05) is 41.4 Å². The van der Waals surface area contributed by atoms with Gasteiger partial charge in [0.25, 0.3) is 0 Å². The van der Waals surface area contributed by atoms with Gasteiger partial charge in [0.2, 0.25) is 5.91 Å². The van der Waals surface area contributed by atoms with E-state index in [9.17, 15) is 10.1 Å². The van der Waals surface area contributed by atoms with Crippen molar-refractivity contribution < 1.29 is 9.53 Å². The van der Waals surface area contributed by atoms with E-state index in [0.29, 0.717) is 44.1 Å². The lowest BCUT2D eigenvalue weighted by molar-refractivity contribution is -0.134. The van der Waals surface area contributed by atoms with Gasteiger partial charge in [0.15, 0.2) is 0 Å². The molecule has 7 nitrogen and oxygen atoms in total. The summed E-state index contributed by atoms with van der Waals surface area (Å²) >= 11 is 0. The van der Waals surface area contributed by atoms with Crippen LogP contribution in [0.25, 0.3) is 22.0 Å². The molecule has 1 aliphatic carbocycles. The minimum atomic E-state index is 0.0413. The van der Waals surface area contributed by atoms with E-state index in [0.717, 1.165) is 46.4 Å². The number of ether oxygens (including phenoxy) is 1. The molecule has 1 saturated carbocycles. The Bertz CT molecular complexity index is 1260. The first-order chi connectivity index (χ1) is 16.6. The zero-order valence-electron chi connectivity index (χ0n) is 19.7. The quantitative estimate of drug-likeness (QED) is 0.556. The van der Waals surface area contributed by atoms with Gasteiger partial charge in [-0.05, 0) is 43.5 Å². The Morgan fingerprint density at radius 1 is 1.21 bits per heavy atom. The minimum Gasteiger partial charge on any atom is -0.384 e. The van der Waals surface area contributed by atoms with Crippen molar-refractivity contribution in [3.8, 4) is 17.2 Å². The van der Waals surface area contributed by atoms with Gasteiger partial charge in [-0.1, -0.05) is 18.2 Å². The van der Waals surface area contributed by atoms with Crippen LogP contribution in [0.2, 0.25) is 0 Å². The van der Waals surface area contributed by atoms with Gasteiger partial charge >= 0.3 is 0 Å². The number of amides is 1. The van der Waals surface area contributed by atoms with Crippen LogP contribution in [-0.2, 0) is 9.53 Å². The third-order valence-electron chi connectivity index (χ3n) is 6.82. The Morgan fingerprint density at radius 3 is 2.76 bits per heavy atom. The third kappa shape index (κ3) is 4.22. The lowest BCUT2D eigenvalue weighted by Crippen LogP contribution is -2.54. The number of hydrogen-bond acceptors (Lipinski definition) is 6. The molecule has 2 aliphatic rings. The largest absolute Gasteiger partial charge is 0.384 e. The van der Waals surface area contributed by atoms with Gasteiger partial charge in [-0.3, -0.25) is 9.78 Å². The van der Waals surface area contributed by atoms with Crippen LogP contribution < -0.4 is 4.90 Å². The molecular weight excluding hydrogens is 426 g/mol. The number of methoxy groups -OCH3 is 1. The van der Waals surface area contributed by atoms with E-state index in [2.05, 4.69) is 28.9 Å². The summed E-state index contributed by atoms with van der Waals surface area (Å²) in [4.78, 5) is 26.3. The molecule has 0 unspecified atom stereocenters. The number of nitriles is 1. The summed E-state index contributed by atoms with van der Waals surface area (Å²) in [5.74, 6) is 1.27. The second-order valence-corrected chi connectivity index (χ2v) is 9.18. The number of nitrogens with zero attached hydrogens (tertiary/aromatic N) is 5. The summed E-state index contributed by atoms with van der Waals surface area (Å²) in [6.45, 7) is 4.42. The summed E-state index contributed by atoms with van der Waals surface area (Å²) in [6.07, 6.45) is 4.46. The fourth-order valence-electron chi connectivity index (χ4n) is 4.91. The summed E-state index contributed by atoms with van der Waals surface area (Å²) in [5, 5.41) is 11.1. The maximum atomic E-state index is 12.5. The molecule has 5 rings (SSSR count). The van der Waals surface area contributed by atoms with Crippen LogP contribution in [0, 0.1) is 11.3 Å². The molecule has 7 heteroatoms.